The van der Waals surface area contributed by atoms with Gasteiger partial charge in [-0.1, -0.05) is 5.10 Å². The summed E-state index contributed by atoms with van der Waals surface area (Å²) in [6.07, 6.45) is 0. The molecule has 14 heavy (non-hydrogen) atoms. The van der Waals surface area contributed by atoms with E-state index in [4.69, 9.17) is 10.2 Å². The van der Waals surface area contributed by atoms with Crippen LogP contribution in [0.3, 0.4) is 0 Å². The zero-order chi connectivity index (χ0) is 9.97. The monoisotopic (exact) mass is 212 g/mol. The van der Waals surface area contributed by atoms with Crippen molar-refractivity contribution in [3.05, 3.63) is 11.7 Å². The molecular formula is C6H8N6OS. The van der Waals surface area contributed by atoms with Crippen LogP contribution in [0.5, 0.6) is 0 Å². The molecule has 0 saturated carbocycles. The van der Waals surface area contributed by atoms with Gasteiger partial charge in [0.1, 0.15) is 5.82 Å². The van der Waals surface area contributed by atoms with Crippen molar-refractivity contribution < 1.29 is 4.42 Å². The van der Waals surface area contributed by atoms with Crippen LogP contribution in [-0.4, -0.2) is 19.6 Å². The minimum absolute atomic E-state index is 0.0650. The molecule has 2 rings (SSSR count). The normalized spacial score (nSPS) is 10.4. The van der Waals surface area contributed by atoms with Gasteiger partial charge >= 0.3 is 6.01 Å². The van der Waals surface area contributed by atoms with Crippen molar-refractivity contribution in [1.29, 1.82) is 0 Å². The van der Waals surface area contributed by atoms with Gasteiger partial charge in [-0.2, -0.15) is 4.37 Å². The first-order valence-corrected chi connectivity index (χ1v) is 4.63. The molecule has 0 aliphatic heterocycles. The molecule has 0 atom stereocenters. The number of anilines is 2. The van der Waals surface area contributed by atoms with Crippen molar-refractivity contribution in [2.24, 2.45) is 0 Å². The number of nitrogen functional groups attached to an aromatic ring is 1. The van der Waals surface area contributed by atoms with Crippen LogP contribution in [0.2, 0.25) is 0 Å². The number of nitrogens with one attached hydrogen (secondary N) is 1. The second-order valence-corrected chi connectivity index (χ2v) is 3.29. The Morgan fingerprint density at radius 1 is 1.50 bits per heavy atom. The maximum atomic E-state index is 5.26. The van der Waals surface area contributed by atoms with Gasteiger partial charge in [-0.3, -0.25) is 0 Å². The molecule has 2 aromatic rings. The summed E-state index contributed by atoms with van der Waals surface area (Å²) in [5.41, 5.74) is 5.26. The van der Waals surface area contributed by atoms with E-state index in [1.54, 1.807) is 0 Å². The number of nitrogens with two attached hydrogens (primary N) is 1. The molecule has 0 amide bonds. The Balaban J connectivity index is 1.94. The summed E-state index contributed by atoms with van der Waals surface area (Å²) in [6.45, 7) is 2.23. The molecule has 0 saturated heterocycles. The van der Waals surface area contributed by atoms with E-state index in [2.05, 4.69) is 24.9 Å². The molecule has 7 nitrogen and oxygen atoms in total. The molecule has 0 spiro atoms. The third kappa shape index (κ3) is 1.96. The first-order chi connectivity index (χ1) is 6.74. The van der Waals surface area contributed by atoms with Crippen molar-refractivity contribution in [2.45, 2.75) is 13.5 Å². The molecular weight excluding hydrogens is 204 g/mol. The van der Waals surface area contributed by atoms with Crippen molar-refractivity contribution >= 4 is 22.7 Å². The lowest BCUT2D eigenvalue weighted by atomic mass is 10.6. The minimum atomic E-state index is 0.0650. The molecule has 3 N–H and O–H groups in total. The smallest absolute Gasteiger partial charge is 0.312 e. The van der Waals surface area contributed by atoms with Crippen LogP contribution in [0.25, 0.3) is 0 Å². The number of nitrogens with zero attached hydrogens (tertiary/aromatic N) is 4. The summed E-state index contributed by atoms with van der Waals surface area (Å²) < 4.78 is 8.97. The number of aryl methyl sites for hydroxylation is 1. The highest BCUT2D eigenvalue weighted by atomic mass is 32.1. The predicted octanol–water partition coefficient (Wildman–Crippen LogP) is 0.424. The molecule has 0 bridgehead atoms. The molecule has 2 aromatic heterocycles. The highest BCUT2D eigenvalue weighted by Crippen LogP contribution is 2.11. The van der Waals surface area contributed by atoms with E-state index in [9.17, 15) is 0 Å². The standard InChI is InChI=1S/C6H8N6OS/c1-3-9-6(14-12-3)8-2-4-10-11-5(7)13-4/h2H2,1H3,(H2,7,11)(H,8,9,12). The molecule has 0 unspecified atom stereocenters. The molecule has 0 aromatic carbocycles. The highest BCUT2D eigenvalue weighted by Gasteiger charge is 2.04. The predicted molar refractivity (Wildman–Crippen MR) is 50.7 cm³/mol. The van der Waals surface area contributed by atoms with Crippen LogP contribution in [0.1, 0.15) is 11.7 Å². The molecule has 8 heteroatoms. The van der Waals surface area contributed by atoms with E-state index < -0.39 is 0 Å². The summed E-state index contributed by atoms with van der Waals surface area (Å²) in [4.78, 5) is 4.11. The van der Waals surface area contributed by atoms with Crippen LogP contribution in [0.15, 0.2) is 4.42 Å². The van der Waals surface area contributed by atoms with Crippen LogP contribution in [-0.2, 0) is 6.54 Å². The van der Waals surface area contributed by atoms with Gasteiger partial charge in [0.05, 0.1) is 6.54 Å². The van der Waals surface area contributed by atoms with Gasteiger partial charge in [-0.15, -0.1) is 5.10 Å². The lowest BCUT2D eigenvalue weighted by Gasteiger charge is -1.94. The summed E-state index contributed by atoms with van der Waals surface area (Å²) in [5.74, 6) is 1.16. The first-order valence-electron chi connectivity index (χ1n) is 3.86. The fraction of sp³-hybridized carbons (Fsp3) is 0.333. The third-order valence-corrected chi connectivity index (χ3v) is 2.16. The molecule has 74 valence electrons. The average Bonchev–Trinajstić information content (AvgIpc) is 2.72. The molecule has 0 radical (unpaired) electrons. The van der Waals surface area contributed by atoms with Gasteiger partial charge in [0, 0.05) is 11.5 Å². The Morgan fingerprint density at radius 3 is 2.93 bits per heavy atom. The van der Waals surface area contributed by atoms with Gasteiger partial charge in [-0.05, 0) is 6.92 Å². The zero-order valence-electron chi connectivity index (χ0n) is 7.39. The lowest BCUT2D eigenvalue weighted by molar-refractivity contribution is 0.519. The third-order valence-electron chi connectivity index (χ3n) is 1.40. The maximum absolute atomic E-state index is 5.26. The Hall–Kier alpha value is -1.70. The number of aromatic nitrogens is 4. The summed E-state index contributed by atoms with van der Waals surface area (Å²) >= 11 is 1.28. The average molecular weight is 212 g/mol. The van der Waals surface area contributed by atoms with Crippen molar-refractivity contribution in [2.75, 3.05) is 11.1 Å². The number of hydrogen-bond acceptors (Lipinski definition) is 8. The molecule has 0 fully saturated rings. The first kappa shape index (κ1) is 8.88. The van der Waals surface area contributed by atoms with Crippen LogP contribution >= 0.6 is 11.5 Å². The van der Waals surface area contributed by atoms with Gasteiger partial charge in [0.15, 0.2) is 0 Å². The van der Waals surface area contributed by atoms with E-state index in [-0.39, 0.29) is 6.01 Å². The summed E-state index contributed by atoms with van der Waals surface area (Å²) in [6, 6.07) is 0.0650. The maximum Gasteiger partial charge on any atom is 0.312 e. The van der Waals surface area contributed by atoms with E-state index in [0.29, 0.717) is 12.4 Å². The lowest BCUT2D eigenvalue weighted by Crippen LogP contribution is -1.99. The van der Waals surface area contributed by atoms with Gasteiger partial charge < -0.3 is 15.5 Å². The zero-order valence-corrected chi connectivity index (χ0v) is 8.21. The number of rotatable bonds is 3. The largest absolute Gasteiger partial charge is 0.406 e. The summed E-state index contributed by atoms with van der Waals surface area (Å²) in [5, 5.41) is 10.9. The minimum Gasteiger partial charge on any atom is -0.406 e. The Labute approximate surface area is 83.5 Å². The number of hydrogen-bond donors (Lipinski definition) is 2. The van der Waals surface area contributed by atoms with Crippen molar-refractivity contribution in [3.63, 3.8) is 0 Å². The van der Waals surface area contributed by atoms with E-state index in [1.165, 1.54) is 11.5 Å². The quantitative estimate of drug-likeness (QED) is 0.760. The van der Waals surface area contributed by atoms with Crippen molar-refractivity contribution in [3.8, 4) is 0 Å². The Kier molecular flexibility index (Phi) is 2.27. The van der Waals surface area contributed by atoms with E-state index in [0.717, 1.165) is 11.0 Å². The van der Waals surface area contributed by atoms with E-state index >= 15 is 0 Å². The van der Waals surface area contributed by atoms with Crippen LogP contribution in [0.4, 0.5) is 11.1 Å². The second kappa shape index (κ2) is 3.58. The van der Waals surface area contributed by atoms with Gasteiger partial charge in [0.2, 0.25) is 11.0 Å². The van der Waals surface area contributed by atoms with Crippen LogP contribution < -0.4 is 11.1 Å². The van der Waals surface area contributed by atoms with Gasteiger partial charge in [-0.25, -0.2) is 4.98 Å². The highest BCUT2D eigenvalue weighted by molar-refractivity contribution is 7.09. The topological polar surface area (TPSA) is 103 Å². The fourth-order valence-corrected chi connectivity index (χ4v) is 1.43. The second-order valence-electron chi connectivity index (χ2n) is 2.53. The van der Waals surface area contributed by atoms with Gasteiger partial charge in [0.25, 0.3) is 0 Å². The Morgan fingerprint density at radius 2 is 2.36 bits per heavy atom. The SMILES string of the molecule is Cc1nsc(NCc2nnc(N)o2)n1. The van der Waals surface area contributed by atoms with E-state index in [1.807, 2.05) is 6.92 Å². The van der Waals surface area contributed by atoms with Crippen molar-refractivity contribution in [1.82, 2.24) is 19.6 Å². The summed E-state index contributed by atoms with van der Waals surface area (Å²) in [7, 11) is 0. The Bertz CT molecular complexity index is 383. The molecule has 2 heterocycles. The molecule has 0 aliphatic rings. The molecule has 0 aliphatic carbocycles. The fourth-order valence-electron chi connectivity index (χ4n) is 0.858. The van der Waals surface area contributed by atoms with Crippen LogP contribution in [0, 0.1) is 6.92 Å².